The van der Waals surface area contributed by atoms with E-state index >= 15 is 0 Å². The molecule has 2 saturated heterocycles. The predicted octanol–water partition coefficient (Wildman–Crippen LogP) is 1.18. The molecule has 1 amide bonds. The Labute approximate surface area is 181 Å². The Morgan fingerprint density at radius 1 is 1.13 bits per heavy atom. The van der Waals surface area contributed by atoms with E-state index in [0.717, 1.165) is 11.2 Å². The number of anilines is 3. The molecule has 0 aliphatic carbocycles. The number of carbonyl (C=O) groups excluding carboxylic acids is 1. The van der Waals surface area contributed by atoms with Crippen LogP contribution in [0.1, 0.15) is 23.3 Å². The number of piperidine rings is 1. The zero-order chi connectivity index (χ0) is 22.0. The lowest BCUT2D eigenvalue weighted by molar-refractivity contribution is -0.160. The zero-order valence-electron chi connectivity index (χ0n) is 16.6. The molecule has 0 saturated carbocycles. The summed E-state index contributed by atoms with van der Waals surface area (Å²) in [5.74, 6) is -2.28. The molecule has 3 N–H and O–H groups in total. The van der Waals surface area contributed by atoms with E-state index < -0.39 is 23.4 Å². The van der Waals surface area contributed by atoms with Gasteiger partial charge in [-0.25, -0.2) is 14.8 Å². The highest BCUT2D eigenvalue weighted by Crippen LogP contribution is 2.31. The number of aromatic nitrogens is 2. The van der Waals surface area contributed by atoms with Crippen LogP contribution in [0.15, 0.2) is 17.5 Å². The molecular weight excluding hydrogens is 429 g/mol. The van der Waals surface area contributed by atoms with Crippen molar-refractivity contribution < 1.29 is 28.9 Å². The van der Waals surface area contributed by atoms with Gasteiger partial charge in [0.1, 0.15) is 5.69 Å². The van der Waals surface area contributed by atoms with Gasteiger partial charge in [0.15, 0.2) is 16.6 Å². The first-order valence-corrected chi connectivity index (χ1v) is 10.7. The van der Waals surface area contributed by atoms with Crippen LogP contribution in [0.5, 0.6) is 0 Å². The number of thiazole rings is 1. The highest BCUT2D eigenvalue weighted by Gasteiger charge is 2.40. The normalized spacial score (nSPS) is 18.6. The number of nitrogens with one attached hydrogen (secondary N) is 1. The summed E-state index contributed by atoms with van der Waals surface area (Å²) < 4.78 is 19.2. The molecule has 0 radical (unpaired) electrons. The van der Waals surface area contributed by atoms with Gasteiger partial charge in [0.2, 0.25) is 5.95 Å². The van der Waals surface area contributed by atoms with Crippen LogP contribution in [0.25, 0.3) is 0 Å². The topological polar surface area (TPSA) is 128 Å². The average Bonchev–Trinajstić information content (AvgIpc) is 3.27. The Morgan fingerprint density at radius 3 is 2.52 bits per heavy atom. The Hall–Kier alpha value is -2.83. The molecule has 31 heavy (non-hydrogen) atoms. The third kappa shape index (κ3) is 4.60. The monoisotopic (exact) mass is 451 g/mol. The quantitative estimate of drug-likeness (QED) is 0.574. The smallest absolute Gasteiger partial charge is 0.335 e. The lowest BCUT2D eigenvalue weighted by atomic mass is 9.91. The fraction of sp³-hybridized carbons (Fsp3) is 0.474. The van der Waals surface area contributed by atoms with E-state index in [9.17, 15) is 24.2 Å². The molecule has 0 spiro atoms. The number of pyridine rings is 1. The number of carboxylic acid groups (broad SMARTS) is 1. The summed E-state index contributed by atoms with van der Waals surface area (Å²) in [4.78, 5) is 36.0. The highest BCUT2D eigenvalue weighted by molar-refractivity contribution is 7.14. The van der Waals surface area contributed by atoms with Crippen LogP contribution in [0.3, 0.4) is 0 Å². The standard InChI is InChI=1S/C19H22FN5O5S/c20-14-2-1-12(15(23-14)24-5-3-19(29,4-6-24)17(27)28)21-16(26)13-11-31-18(22-13)25-7-9-30-10-8-25/h1-2,11,29H,3-10H2,(H,21,26)(H,27,28). The van der Waals surface area contributed by atoms with Crippen molar-refractivity contribution in [2.45, 2.75) is 18.4 Å². The van der Waals surface area contributed by atoms with E-state index in [1.54, 1.807) is 10.3 Å². The van der Waals surface area contributed by atoms with Crippen LogP contribution in [0.2, 0.25) is 0 Å². The van der Waals surface area contributed by atoms with Crippen LogP contribution in [0.4, 0.5) is 21.0 Å². The number of hydrogen-bond donors (Lipinski definition) is 3. The van der Waals surface area contributed by atoms with Gasteiger partial charge in [0.25, 0.3) is 5.91 Å². The summed E-state index contributed by atoms with van der Waals surface area (Å²) in [6, 6.07) is 2.54. The molecule has 4 rings (SSSR count). The summed E-state index contributed by atoms with van der Waals surface area (Å²) in [6.07, 6.45) is -0.0776. The van der Waals surface area contributed by atoms with E-state index in [1.807, 2.05) is 4.90 Å². The van der Waals surface area contributed by atoms with Crippen LogP contribution in [-0.2, 0) is 9.53 Å². The van der Waals surface area contributed by atoms with E-state index in [-0.39, 0.29) is 43.1 Å². The second kappa shape index (κ2) is 8.73. The van der Waals surface area contributed by atoms with Crippen molar-refractivity contribution in [3.05, 3.63) is 29.2 Å². The van der Waals surface area contributed by atoms with Crippen molar-refractivity contribution in [2.75, 3.05) is 54.5 Å². The number of ether oxygens (including phenoxy) is 1. The Balaban J connectivity index is 1.48. The van der Waals surface area contributed by atoms with Gasteiger partial charge < -0.3 is 30.1 Å². The number of amides is 1. The molecule has 2 aromatic heterocycles. The molecule has 2 aromatic rings. The lowest BCUT2D eigenvalue weighted by Gasteiger charge is -2.36. The summed E-state index contributed by atoms with van der Waals surface area (Å²) >= 11 is 1.36. The van der Waals surface area contributed by atoms with E-state index in [4.69, 9.17) is 4.74 Å². The first-order valence-electron chi connectivity index (χ1n) is 9.82. The van der Waals surface area contributed by atoms with Crippen molar-refractivity contribution in [3.8, 4) is 0 Å². The number of rotatable bonds is 5. The lowest BCUT2D eigenvalue weighted by Crippen LogP contribution is -2.49. The van der Waals surface area contributed by atoms with Crippen LogP contribution < -0.4 is 15.1 Å². The van der Waals surface area contributed by atoms with Gasteiger partial charge in [0, 0.05) is 44.4 Å². The molecule has 0 unspecified atom stereocenters. The summed E-state index contributed by atoms with van der Waals surface area (Å²) in [5.41, 5.74) is -1.29. The third-order valence-electron chi connectivity index (χ3n) is 5.38. The van der Waals surface area contributed by atoms with Crippen LogP contribution >= 0.6 is 11.3 Å². The van der Waals surface area contributed by atoms with Gasteiger partial charge in [-0.3, -0.25) is 4.79 Å². The van der Waals surface area contributed by atoms with Crippen LogP contribution in [0, 0.1) is 5.95 Å². The maximum Gasteiger partial charge on any atom is 0.335 e. The van der Waals surface area contributed by atoms with Crippen molar-refractivity contribution in [3.63, 3.8) is 0 Å². The fourth-order valence-electron chi connectivity index (χ4n) is 3.52. The molecule has 0 aromatic carbocycles. The number of nitrogens with zero attached hydrogens (tertiary/aromatic N) is 4. The van der Waals surface area contributed by atoms with Crippen LogP contribution in [-0.4, -0.2) is 77.1 Å². The first kappa shape index (κ1) is 21.4. The number of halogens is 1. The number of morpholine rings is 1. The predicted molar refractivity (Wildman–Crippen MR) is 111 cm³/mol. The molecule has 10 nitrogen and oxygen atoms in total. The van der Waals surface area contributed by atoms with Crippen molar-refractivity contribution in [1.82, 2.24) is 9.97 Å². The first-order chi connectivity index (χ1) is 14.9. The Bertz CT molecular complexity index is 972. The molecule has 2 aliphatic rings. The van der Waals surface area contributed by atoms with Gasteiger partial charge in [0.05, 0.1) is 18.9 Å². The van der Waals surface area contributed by atoms with Gasteiger partial charge in [-0.05, 0) is 12.1 Å². The molecular formula is C19H22FN5O5S. The minimum Gasteiger partial charge on any atom is -0.479 e. The van der Waals surface area contributed by atoms with Gasteiger partial charge >= 0.3 is 5.97 Å². The molecule has 2 aliphatic heterocycles. The summed E-state index contributed by atoms with van der Waals surface area (Å²) in [6.45, 7) is 2.94. The molecule has 2 fully saturated rings. The van der Waals surface area contributed by atoms with E-state index in [1.165, 1.54) is 17.4 Å². The van der Waals surface area contributed by atoms with Gasteiger partial charge in [-0.2, -0.15) is 4.39 Å². The largest absolute Gasteiger partial charge is 0.479 e. The Kier molecular flexibility index (Phi) is 6.03. The maximum atomic E-state index is 13.8. The van der Waals surface area contributed by atoms with E-state index in [2.05, 4.69) is 15.3 Å². The average molecular weight is 451 g/mol. The Morgan fingerprint density at radius 2 is 1.84 bits per heavy atom. The highest BCUT2D eigenvalue weighted by atomic mass is 32.1. The van der Waals surface area contributed by atoms with Crippen molar-refractivity contribution in [1.29, 1.82) is 0 Å². The van der Waals surface area contributed by atoms with Gasteiger partial charge in [-0.15, -0.1) is 11.3 Å². The second-order valence-corrected chi connectivity index (χ2v) is 8.23. The minimum absolute atomic E-state index is 0.0388. The summed E-state index contributed by atoms with van der Waals surface area (Å²) in [5, 5.41) is 24.4. The second-order valence-electron chi connectivity index (χ2n) is 7.40. The third-order valence-corrected chi connectivity index (χ3v) is 6.29. The number of carboxylic acids is 1. The van der Waals surface area contributed by atoms with Crippen molar-refractivity contribution >= 4 is 39.9 Å². The van der Waals surface area contributed by atoms with Crippen molar-refractivity contribution in [2.24, 2.45) is 0 Å². The number of carbonyl (C=O) groups is 2. The molecule has 0 atom stereocenters. The molecule has 4 heterocycles. The number of hydrogen-bond acceptors (Lipinski definition) is 9. The summed E-state index contributed by atoms with van der Waals surface area (Å²) in [7, 11) is 0. The SMILES string of the molecule is O=C(Nc1ccc(F)nc1N1CCC(O)(C(=O)O)CC1)c1csc(N2CCOCC2)n1. The fourth-order valence-corrected chi connectivity index (χ4v) is 4.38. The number of aliphatic carboxylic acids is 1. The zero-order valence-corrected chi connectivity index (χ0v) is 17.4. The minimum atomic E-state index is -1.82. The maximum absolute atomic E-state index is 13.8. The molecule has 12 heteroatoms. The molecule has 166 valence electrons. The van der Waals surface area contributed by atoms with E-state index in [0.29, 0.717) is 26.3 Å². The number of aliphatic hydroxyl groups is 1. The van der Waals surface area contributed by atoms with Gasteiger partial charge in [-0.1, -0.05) is 0 Å². The molecule has 0 bridgehead atoms.